The third-order valence-electron chi connectivity index (χ3n) is 3.32. The van der Waals surface area contributed by atoms with E-state index in [2.05, 4.69) is 32.7 Å². The molecule has 1 aromatic rings. The molecule has 5 heteroatoms. The number of rotatable bonds is 4. The highest BCUT2D eigenvalue weighted by Gasteiger charge is 2.25. The van der Waals surface area contributed by atoms with Gasteiger partial charge in [0.25, 0.3) is 0 Å². The Kier molecular flexibility index (Phi) is 7.00. The quantitative estimate of drug-likeness (QED) is 0.837. The summed E-state index contributed by atoms with van der Waals surface area (Å²) in [6.07, 6.45) is 2.63. The number of piperazine rings is 1. The molecule has 0 unspecified atom stereocenters. The Morgan fingerprint density at radius 1 is 1.42 bits per heavy atom. The van der Waals surface area contributed by atoms with Gasteiger partial charge < -0.3 is 5.32 Å². The van der Waals surface area contributed by atoms with Crippen LogP contribution < -0.4 is 5.32 Å². The minimum atomic E-state index is -0.144. The van der Waals surface area contributed by atoms with Crippen molar-refractivity contribution in [2.24, 2.45) is 0 Å². The molecule has 1 aromatic carbocycles. The second-order valence-electron chi connectivity index (χ2n) is 4.46. The number of nitrogens with zero attached hydrogens (tertiary/aromatic N) is 1. The molecule has 19 heavy (non-hydrogen) atoms. The maximum absolute atomic E-state index is 14.1. The third-order valence-corrected chi connectivity index (χ3v) is 4.01. The molecule has 1 saturated heterocycles. The molecule has 0 amide bonds. The summed E-state index contributed by atoms with van der Waals surface area (Å²) in [4.78, 5) is 2.32. The lowest BCUT2D eigenvalue weighted by molar-refractivity contribution is 0.171. The van der Waals surface area contributed by atoms with E-state index in [1.165, 1.54) is 6.07 Å². The van der Waals surface area contributed by atoms with E-state index in [1.807, 2.05) is 12.1 Å². The highest BCUT2D eigenvalue weighted by molar-refractivity contribution is 9.10. The third kappa shape index (κ3) is 4.02. The van der Waals surface area contributed by atoms with Crippen LogP contribution in [0.15, 0.2) is 35.3 Å². The van der Waals surface area contributed by atoms with Crippen LogP contribution in [0, 0.1) is 5.82 Å². The number of benzene rings is 1. The van der Waals surface area contributed by atoms with Gasteiger partial charge in [-0.25, -0.2) is 4.39 Å². The van der Waals surface area contributed by atoms with E-state index in [0.29, 0.717) is 0 Å². The standard InChI is InChI=1S/C14H18BrFN2.ClH/c1-2-4-13(18-9-7-17-8-10-18)14-11(15)5-3-6-12(14)16;/h2-3,5-6,13,17H,1,4,7-10H2;1H/t13-;/m1./s1. The van der Waals surface area contributed by atoms with Gasteiger partial charge in [0.2, 0.25) is 0 Å². The Morgan fingerprint density at radius 3 is 2.68 bits per heavy atom. The van der Waals surface area contributed by atoms with Gasteiger partial charge in [0, 0.05) is 42.3 Å². The predicted octanol–water partition coefficient (Wildman–Crippen LogP) is 3.53. The molecule has 1 atom stereocenters. The van der Waals surface area contributed by atoms with Crippen LogP contribution in [0.5, 0.6) is 0 Å². The van der Waals surface area contributed by atoms with Gasteiger partial charge >= 0.3 is 0 Å². The first-order valence-corrected chi connectivity index (χ1v) is 7.03. The molecular weight excluding hydrogens is 331 g/mol. The zero-order chi connectivity index (χ0) is 13.0. The first-order chi connectivity index (χ1) is 8.74. The average Bonchev–Trinajstić information content (AvgIpc) is 2.38. The van der Waals surface area contributed by atoms with Crippen LogP contribution >= 0.6 is 28.3 Å². The molecule has 0 radical (unpaired) electrons. The van der Waals surface area contributed by atoms with Crippen molar-refractivity contribution in [2.45, 2.75) is 12.5 Å². The van der Waals surface area contributed by atoms with Crippen molar-refractivity contribution >= 4 is 28.3 Å². The summed E-state index contributed by atoms with van der Waals surface area (Å²) in [7, 11) is 0. The van der Waals surface area contributed by atoms with Crippen molar-refractivity contribution in [3.8, 4) is 0 Å². The summed E-state index contributed by atoms with van der Waals surface area (Å²) in [5.41, 5.74) is 0.749. The lowest BCUT2D eigenvalue weighted by Gasteiger charge is -2.35. The summed E-state index contributed by atoms with van der Waals surface area (Å²) in [5.74, 6) is -0.144. The second-order valence-corrected chi connectivity index (χ2v) is 5.32. The molecule has 1 aliphatic heterocycles. The lowest BCUT2D eigenvalue weighted by Crippen LogP contribution is -2.45. The van der Waals surface area contributed by atoms with Gasteiger partial charge in [-0.05, 0) is 18.6 Å². The van der Waals surface area contributed by atoms with Crippen molar-refractivity contribution in [1.29, 1.82) is 0 Å². The van der Waals surface area contributed by atoms with Gasteiger partial charge in [-0.15, -0.1) is 19.0 Å². The molecule has 2 rings (SSSR count). The van der Waals surface area contributed by atoms with Gasteiger partial charge in [-0.1, -0.05) is 28.1 Å². The van der Waals surface area contributed by atoms with Crippen molar-refractivity contribution in [1.82, 2.24) is 10.2 Å². The molecule has 1 heterocycles. The molecule has 0 saturated carbocycles. The molecule has 106 valence electrons. The van der Waals surface area contributed by atoms with E-state index < -0.39 is 0 Å². The van der Waals surface area contributed by atoms with Gasteiger partial charge in [-0.2, -0.15) is 0 Å². The van der Waals surface area contributed by atoms with Gasteiger partial charge in [0.05, 0.1) is 0 Å². The van der Waals surface area contributed by atoms with Crippen LogP contribution in [0.25, 0.3) is 0 Å². The highest BCUT2D eigenvalue weighted by Crippen LogP contribution is 2.33. The van der Waals surface area contributed by atoms with Crippen LogP contribution in [0.3, 0.4) is 0 Å². The molecule has 1 N–H and O–H groups in total. The average molecular weight is 350 g/mol. The van der Waals surface area contributed by atoms with E-state index in [-0.39, 0.29) is 24.3 Å². The Bertz CT molecular complexity index is 402. The van der Waals surface area contributed by atoms with Crippen molar-refractivity contribution in [3.05, 3.63) is 46.7 Å². The molecule has 0 spiro atoms. The maximum atomic E-state index is 14.1. The summed E-state index contributed by atoms with van der Waals surface area (Å²) >= 11 is 3.47. The molecule has 1 aliphatic rings. The predicted molar refractivity (Wildman–Crippen MR) is 83.3 cm³/mol. The van der Waals surface area contributed by atoms with Crippen molar-refractivity contribution in [3.63, 3.8) is 0 Å². The zero-order valence-corrected chi connectivity index (χ0v) is 13.1. The zero-order valence-electron chi connectivity index (χ0n) is 10.7. The van der Waals surface area contributed by atoms with Crippen LogP contribution in [0.2, 0.25) is 0 Å². The normalized spacial score (nSPS) is 17.6. The molecule has 0 aliphatic carbocycles. The number of hydrogen-bond donors (Lipinski definition) is 1. The van der Waals surface area contributed by atoms with Crippen molar-refractivity contribution in [2.75, 3.05) is 26.2 Å². The maximum Gasteiger partial charge on any atom is 0.129 e. The van der Waals surface area contributed by atoms with Crippen LogP contribution in [-0.2, 0) is 0 Å². The molecule has 1 fully saturated rings. The smallest absolute Gasteiger partial charge is 0.129 e. The van der Waals surface area contributed by atoms with E-state index in [9.17, 15) is 4.39 Å². The summed E-state index contributed by atoms with van der Waals surface area (Å²) < 4.78 is 14.9. The van der Waals surface area contributed by atoms with Gasteiger partial charge in [0.15, 0.2) is 0 Å². The monoisotopic (exact) mass is 348 g/mol. The molecule has 2 nitrogen and oxygen atoms in total. The fourth-order valence-corrected chi connectivity index (χ4v) is 3.04. The Labute approximate surface area is 128 Å². The number of nitrogens with one attached hydrogen (secondary N) is 1. The fourth-order valence-electron chi connectivity index (χ4n) is 2.43. The summed E-state index contributed by atoms with van der Waals surface area (Å²) in [6.45, 7) is 7.60. The van der Waals surface area contributed by atoms with Crippen LogP contribution in [0.4, 0.5) is 4.39 Å². The largest absolute Gasteiger partial charge is 0.314 e. The van der Waals surface area contributed by atoms with Crippen LogP contribution in [-0.4, -0.2) is 31.1 Å². The van der Waals surface area contributed by atoms with Crippen molar-refractivity contribution < 1.29 is 4.39 Å². The Morgan fingerprint density at radius 2 is 2.11 bits per heavy atom. The van der Waals surface area contributed by atoms with Crippen LogP contribution in [0.1, 0.15) is 18.0 Å². The SMILES string of the molecule is C=CC[C@H](c1c(F)cccc1Br)N1CCNCC1.Cl. The van der Waals surface area contributed by atoms with E-state index >= 15 is 0 Å². The van der Waals surface area contributed by atoms with E-state index in [0.717, 1.165) is 42.6 Å². The summed E-state index contributed by atoms with van der Waals surface area (Å²) in [6, 6.07) is 5.22. The lowest BCUT2D eigenvalue weighted by atomic mass is 10.0. The minimum absolute atomic E-state index is 0. The second kappa shape index (κ2) is 8.00. The molecule has 0 aromatic heterocycles. The van der Waals surface area contributed by atoms with Gasteiger partial charge in [-0.3, -0.25) is 4.90 Å². The fraction of sp³-hybridized carbons (Fsp3) is 0.429. The highest BCUT2D eigenvalue weighted by atomic mass is 79.9. The first kappa shape index (κ1) is 16.6. The Balaban J connectivity index is 0.00000180. The molecular formula is C14H19BrClFN2. The van der Waals surface area contributed by atoms with E-state index in [1.54, 1.807) is 6.07 Å². The minimum Gasteiger partial charge on any atom is -0.314 e. The first-order valence-electron chi connectivity index (χ1n) is 6.23. The topological polar surface area (TPSA) is 15.3 Å². The summed E-state index contributed by atoms with van der Waals surface area (Å²) in [5, 5.41) is 3.32. The Hall–Kier alpha value is -0.420. The van der Waals surface area contributed by atoms with E-state index in [4.69, 9.17) is 0 Å². The number of hydrogen-bond acceptors (Lipinski definition) is 2. The number of halogens is 3. The molecule has 0 bridgehead atoms. The van der Waals surface area contributed by atoms with Gasteiger partial charge in [0.1, 0.15) is 5.82 Å².